The zero-order chi connectivity index (χ0) is 13.3. The highest BCUT2D eigenvalue weighted by Crippen LogP contribution is 2.30. The summed E-state index contributed by atoms with van der Waals surface area (Å²) < 4.78 is 74.7. The fraction of sp³-hybridized carbons (Fsp3) is 0.250. The van der Waals surface area contributed by atoms with E-state index >= 15 is 0 Å². The van der Waals surface area contributed by atoms with Gasteiger partial charge in [-0.3, -0.25) is 4.18 Å². The Kier molecular flexibility index (Phi) is 3.74. The summed E-state index contributed by atoms with van der Waals surface area (Å²) in [6.45, 7) is -0.894. The third-order valence-corrected chi connectivity index (χ3v) is 2.20. The van der Waals surface area contributed by atoms with Gasteiger partial charge >= 0.3 is 16.5 Å². The van der Waals surface area contributed by atoms with E-state index in [1.54, 1.807) is 0 Å². The van der Waals surface area contributed by atoms with Gasteiger partial charge in [-0.05, 0) is 18.2 Å². The predicted octanol–water partition coefficient (Wildman–Crippen LogP) is 1.56. The maximum atomic E-state index is 13.0. The van der Waals surface area contributed by atoms with Gasteiger partial charge in [-0.1, -0.05) is 0 Å². The van der Waals surface area contributed by atoms with Crippen LogP contribution in [0.5, 0.6) is 0 Å². The van der Waals surface area contributed by atoms with Crippen LogP contribution in [-0.4, -0.2) is 8.42 Å². The number of nitrogens with two attached hydrogens (primary N) is 1. The van der Waals surface area contributed by atoms with E-state index in [1.165, 1.54) is 0 Å². The molecule has 0 fully saturated rings. The molecule has 0 unspecified atom stereocenters. The summed E-state index contributed by atoms with van der Waals surface area (Å²) in [6, 6.07) is 1.57. The van der Waals surface area contributed by atoms with Gasteiger partial charge in [-0.15, -0.1) is 0 Å². The lowest BCUT2D eigenvalue weighted by Gasteiger charge is -2.09. The first-order valence-electron chi connectivity index (χ1n) is 4.12. The second kappa shape index (κ2) is 4.59. The molecule has 9 heteroatoms. The van der Waals surface area contributed by atoms with Crippen LogP contribution in [0.25, 0.3) is 0 Å². The minimum Gasteiger partial charge on any atom is -0.253 e. The first-order chi connectivity index (χ1) is 7.59. The van der Waals surface area contributed by atoms with E-state index in [0.717, 1.165) is 0 Å². The standard InChI is InChI=1S/C8H7F4NO3S/c9-7-2-1-6(8(10,11)12)3-5(7)4-16-17(13,14)15/h1-3H,4H2,(H2,13,14,15). The number of benzene rings is 1. The minimum atomic E-state index is -4.65. The van der Waals surface area contributed by atoms with E-state index in [0.29, 0.717) is 18.2 Å². The summed E-state index contributed by atoms with van der Waals surface area (Å²) in [7, 11) is -4.34. The normalized spacial score (nSPS) is 12.8. The van der Waals surface area contributed by atoms with Gasteiger partial charge in [0.15, 0.2) is 0 Å². The van der Waals surface area contributed by atoms with Gasteiger partial charge in [0, 0.05) is 5.56 Å². The number of alkyl halides is 3. The third kappa shape index (κ3) is 4.29. The van der Waals surface area contributed by atoms with Crippen LogP contribution < -0.4 is 5.14 Å². The van der Waals surface area contributed by atoms with E-state index in [-0.39, 0.29) is 0 Å². The van der Waals surface area contributed by atoms with E-state index in [4.69, 9.17) is 0 Å². The van der Waals surface area contributed by atoms with Crippen LogP contribution in [-0.2, 0) is 27.3 Å². The Balaban J connectivity index is 3.00. The molecule has 0 aliphatic rings. The van der Waals surface area contributed by atoms with Crippen molar-refractivity contribution in [1.82, 2.24) is 0 Å². The molecule has 17 heavy (non-hydrogen) atoms. The number of halogens is 4. The SMILES string of the molecule is NS(=O)(=O)OCc1cc(C(F)(F)F)ccc1F. The second-order valence-electron chi connectivity index (χ2n) is 3.06. The van der Waals surface area contributed by atoms with Gasteiger partial charge in [0.25, 0.3) is 0 Å². The molecular weight excluding hydrogens is 266 g/mol. The summed E-state index contributed by atoms with van der Waals surface area (Å²) in [5, 5.41) is 4.46. The molecule has 0 aromatic heterocycles. The summed E-state index contributed by atoms with van der Waals surface area (Å²) in [4.78, 5) is 0. The summed E-state index contributed by atoms with van der Waals surface area (Å²) >= 11 is 0. The molecule has 0 saturated heterocycles. The van der Waals surface area contributed by atoms with Crippen LogP contribution in [0.4, 0.5) is 17.6 Å². The third-order valence-electron chi connectivity index (χ3n) is 1.75. The monoisotopic (exact) mass is 273 g/mol. The van der Waals surface area contributed by atoms with Gasteiger partial charge in [0.1, 0.15) is 5.82 Å². The lowest BCUT2D eigenvalue weighted by atomic mass is 10.1. The average molecular weight is 273 g/mol. The molecular formula is C8H7F4NO3S. The van der Waals surface area contributed by atoms with Gasteiger partial charge < -0.3 is 0 Å². The van der Waals surface area contributed by atoms with Crippen molar-refractivity contribution in [2.75, 3.05) is 0 Å². The van der Waals surface area contributed by atoms with Crippen LogP contribution in [0, 0.1) is 5.82 Å². The van der Waals surface area contributed by atoms with Gasteiger partial charge in [0.2, 0.25) is 0 Å². The molecule has 2 N–H and O–H groups in total. The molecule has 0 spiro atoms. The average Bonchev–Trinajstić information content (AvgIpc) is 2.13. The molecule has 0 aliphatic carbocycles. The Morgan fingerprint density at radius 3 is 2.35 bits per heavy atom. The Labute approximate surface area is 94.2 Å². The Morgan fingerprint density at radius 2 is 1.88 bits per heavy atom. The molecule has 0 amide bonds. The molecule has 1 rings (SSSR count). The fourth-order valence-electron chi connectivity index (χ4n) is 1.01. The molecule has 1 aromatic rings. The first kappa shape index (κ1) is 13.9. The van der Waals surface area contributed by atoms with Crippen molar-refractivity contribution in [2.45, 2.75) is 12.8 Å². The largest absolute Gasteiger partial charge is 0.416 e. The van der Waals surface area contributed by atoms with Gasteiger partial charge in [0.05, 0.1) is 12.2 Å². The number of hydrogen-bond acceptors (Lipinski definition) is 3. The van der Waals surface area contributed by atoms with Crippen molar-refractivity contribution in [1.29, 1.82) is 0 Å². The Hall–Kier alpha value is -1.19. The molecule has 0 atom stereocenters. The smallest absolute Gasteiger partial charge is 0.253 e. The molecule has 1 aromatic carbocycles. The Morgan fingerprint density at radius 1 is 1.29 bits per heavy atom. The van der Waals surface area contributed by atoms with Crippen molar-refractivity contribution in [3.63, 3.8) is 0 Å². The topological polar surface area (TPSA) is 69.4 Å². The van der Waals surface area contributed by atoms with Crippen molar-refractivity contribution in [3.8, 4) is 0 Å². The van der Waals surface area contributed by atoms with E-state index in [1.807, 2.05) is 0 Å². The van der Waals surface area contributed by atoms with Crippen LogP contribution in [0.1, 0.15) is 11.1 Å². The van der Waals surface area contributed by atoms with E-state index in [9.17, 15) is 26.0 Å². The maximum Gasteiger partial charge on any atom is 0.416 e. The summed E-state index contributed by atoms with van der Waals surface area (Å²) in [5.41, 5.74) is -1.65. The molecule has 0 bridgehead atoms. The van der Waals surface area contributed by atoms with Crippen LogP contribution in [0.15, 0.2) is 18.2 Å². The highest BCUT2D eigenvalue weighted by molar-refractivity contribution is 7.84. The molecule has 0 heterocycles. The zero-order valence-electron chi connectivity index (χ0n) is 8.16. The lowest BCUT2D eigenvalue weighted by Crippen LogP contribution is -2.16. The highest BCUT2D eigenvalue weighted by Gasteiger charge is 2.31. The summed E-state index contributed by atoms with van der Waals surface area (Å²) in [6.07, 6.45) is -4.65. The number of rotatable bonds is 3. The predicted molar refractivity (Wildman–Crippen MR) is 49.3 cm³/mol. The fourth-order valence-corrected chi connectivity index (χ4v) is 1.30. The van der Waals surface area contributed by atoms with Crippen molar-refractivity contribution < 1.29 is 30.2 Å². The molecule has 0 saturated carbocycles. The molecule has 0 aliphatic heterocycles. The van der Waals surface area contributed by atoms with E-state index in [2.05, 4.69) is 9.32 Å². The lowest BCUT2D eigenvalue weighted by molar-refractivity contribution is -0.137. The van der Waals surface area contributed by atoms with Crippen molar-refractivity contribution in [2.24, 2.45) is 5.14 Å². The quantitative estimate of drug-likeness (QED) is 0.850. The zero-order valence-corrected chi connectivity index (χ0v) is 8.98. The number of hydrogen-bond donors (Lipinski definition) is 1. The molecule has 4 nitrogen and oxygen atoms in total. The molecule has 96 valence electrons. The Bertz CT molecular complexity index is 512. The minimum absolute atomic E-state index is 0.459. The van der Waals surface area contributed by atoms with Crippen LogP contribution in [0.3, 0.4) is 0 Å². The van der Waals surface area contributed by atoms with Crippen molar-refractivity contribution in [3.05, 3.63) is 35.1 Å². The highest BCUT2D eigenvalue weighted by atomic mass is 32.2. The van der Waals surface area contributed by atoms with E-state index < -0.39 is 40.0 Å². The van der Waals surface area contributed by atoms with Crippen molar-refractivity contribution >= 4 is 10.3 Å². The second-order valence-corrected chi connectivity index (χ2v) is 4.28. The van der Waals surface area contributed by atoms with Crippen LogP contribution in [0.2, 0.25) is 0 Å². The van der Waals surface area contributed by atoms with Gasteiger partial charge in [-0.25, -0.2) is 9.53 Å². The summed E-state index contributed by atoms with van der Waals surface area (Å²) in [5.74, 6) is -1.01. The molecule has 0 radical (unpaired) electrons. The van der Waals surface area contributed by atoms with Crippen LogP contribution >= 0.6 is 0 Å². The van der Waals surface area contributed by atoms with Gasteiger partial charge in [-0.2, -0.15) is 21.6 Å². The maximum absolute atomic E-state index is 13.0. The first-order valence-corrected chi connectivity index (χ1v) is 5.59.